The fourth-order valence-electron chi connectivity index (χ4n) is 2.96. The number of rotatable bonds is 5. The first-order valence-corrected chi connectivity index (χ1v) is 10.1. The molecule has 0 aliphatic carbocycles. The van der Waals surface area contributed by atoms with Gasteiger partial charge in [-0.15, -0.1) is 11.8 Å². The van der Waals surface area contributed by atoms with Crippen molar-refractivity contribution in [2.24, 2.45) is 0 Å². The summed E-state index contributed by atoms with van der Waals surface area (Å²) in [7, 11) is 0. The average Bonchev–Trinajstić information content (AvgIpc) is 2.67. The Balaban J connectivity index is 1.55. The summed E-state index contributed by atoms with van der Waals surface area (Å²) >= 11 is 7.52. The Morgan fingerprint density at radius 1 is 1.26 bits per heavy atom. The molecule has 1 atom stereocenters. The van der Waals surface area contributed by atoms with Crippen LogP contribution in [0.2, 0.25) is 5.02 Å². The monoisotopic (exact) mass is 406 g/mol. The third-order valence-electron chi connectivity index (χ3n) is 4.42. The molecule has 1 aliphatic rings. The summed E-state index contributed by atoms with van der Waals surface area (Å²) in [6, 6.07) is 11.8. The van der Waals surface area contributed by atoms with Gasteiger partial charge in [0.15, 0.2) is 0 Å². The Kier molecular flexibility index (Phi) is 6.39. The van der Waals surface area contributed by atoms with Gasteiger partial charge in [0.2, 0.25) is 11.8 Å². The molecule has 7 heteroatoms. The van der Waals surface area contributed by atoms with Gasteiger partial charge in [-0.3, -0.25) is 9.59 Å². The van der Waals surface area contributed by atoms with Crippen LogP contribution < -0.4 is 10.2 Å². The molecule has 2 aromatic carbocycles. The van der Waals surface area contributed by atoms with Crippen LogP contribution in [0, 0.1) is 5.82 Å². The van der Waals surface area contributed by atoms with Crippen LogP contribution in [-0.4, -0.2) is 24.1 Å². The van der Waals surface area contributed by atoms with E-state index in [0.717, 1.165) is 16.3 Å². The highest BCUT2D eigenvalue weighted by Crippen LogP contribution is 2.34. The number of hydrogen-bond acceptors (Lipinski definition) is 3. The first kappa shape index (κ1) is 19.7. The SMILES string of the molecule is CC(NC(=O)CCC(=O)N1CCSc2ccccc21)c1ccc(F)c(Cl)c1. The van der Waals surface area contributed by atoms with Crippen LogP contribution in [0.5, 0.6) is 0 Å². The van der Waals surface area contributed by atoms with E-state index in [4.69, 9.17) is 11.6 Å². The van der Waals surface area contributed by atoms with Crippen molar-refractivity contribution in [3.8, 4) is 0 Å². The number of anilines is 1. The highest BCUT2D eigenvalue weighted by molar-refractivity contribution is 7.99. The van der Waals surface area contributed by atoms with Crippen LogP contribution in [0.15, 0.2) is 47.4 Å². The normalized spacial score (nSPS) is 14.4. The third kappa shape index (κ3) is 4.82. The lowest BCUT2D eigenvalue weighted by atomic mass is 10.1. The number of halogens is 2. The maximum atomic E-state index is 13.3. The van der Waals surface area contributed by atoms with Gasteiger partial charge in [0.05, 0.1) is 16.8 Å². The first-order valence-electron chi connectivity index (χ1n) is 8.72. The van der Waals surface area contributed by atoms with Crippen LogP contribution in [0.3, 0.4) is 0 Å². The number of nitrogens with one attached hydrogen (secondary N) is 1. The maximum absolute atomic E-state index is 13.3. The Hall–Kier alpha value is -2.05. The zero-order chi connectivity index (χ0) is 19.4. The number of carbonyl (C=O) groups is 2. The van der Waals surface area contributed by atoms with Crippen molar-refractivity contribution in [1.29, 1.82) is 0 Å². The zero-order valence-corrected chi connectivity index (χ0v) is 16.4. The summed E-state index contributed by atoms with van der Waals surface area (Å²) in [5.74, 6) is 0.0629. The van der Waals surface area contributed by atoms with E-state index in [1.54, 1.807) is 29.7 Å². The quantitative estimate of drug-likeness (QED) is 0.790. The fraction of sp³-hybridized carbons (Fsp3) is 0.300. The molecule has 0 bridgehead atoms. The van der Waals surface area contributed by atoms with Gasteiger partial charge in [0, 0.05) is 30.0 Å². The fourth-order valence-corrected chi connectivity index (χ4v) is 4.15. The molecule has 1 heterocycles. The van der Waals surface area contributed by atoms with Crippen molar-refractivity contribution in [3.63, 3.8) is 0 Å². The van der Waals surface area contributed by atoms with E-state index in [1.165, 1.54) is 12.1 Å². The average molecular weight is 407 g/mol. The second-order valence-corrected chi connectivity index (χ2v) is 7.87. The number of para-hydroxylation sites is 1. The number of benzene rings is 2. The van der Waals surface area contributed by atoms with Gasteiger partial charge >= 0.3 is 0 Å². The van der Waals surface area contributed by atoms with Gasteiger partial charge in [-0.1, -0.05) is 29.8 Å². The Morgan fingerprint density at radius 3 is 2.81 bits per heavy atom. The van der Waals surface area contributed by atoms with Gasteiger partial charge < -0.3 is 10.2 Å². The minimum atomic E-state index is -0.496. The zero-order valence-electron chi connectivity index (χ0n) is 14.9. The molecule has 4 nitrogen and oxygen atoms in total. The van der Waals surface area contributed by atoms with Crippen molar-refractivity contribution < 1.29 is 14.0 Å². The molecule has 0 aromatic heterocycles. The lowest BCUT2D eigenvalue weighted by Crippen LogP contribution is -2.36. The summed E-state index contributed by atoms with van der Waals surface area (Å²) in [6.07, 6.45) is 0.242. The molecule has 0 fully saturated rings. The number of hydrogen-bond donors (Lipinski definition) is 1. The van der Waals surface area contributed by atoms with E-state index in [2.05, 4.69) is 5.32 Å². The molecule has 2 amide bonds. The highest BCUT2D eigenvalue weighted by atomic mass is 35.5. The lowest BCUT2D eigenvalue weighted by molar-refractivity contribution is -0.125. The van der Waals surface area contributed by atoms with E-state index < -0.39 is 5.82 Å². The Labute approximate surface area is 167 Å². The number of fused-ring (bicyclic) bond motifs is 1. The third-order valence-corrected chi connectivity index (χ3v) is 5.75. The molecule has 27 heavy (non-hydrogen) atoms. The molecule has 1 unspecified atom stereocenters. The molecule has 0 saturated heterocycles. The molecule has 0 spiro atoms. The van der Waals surface area contributed by atoms with Gasteiger partial charge in [-0.2, -0.15) is 0 Å². The van der Waals surface area contributed by atoms with Crippen LogP contribution in [0.4, 0.5) is 10.1 Å². The second-order valence-electron chi connectivity index (χ2n) is 6.32. The van der Waals surface area contributed by atoms with E-state index in [1.807, 2.05) is 24.3 Å². The number of nitrogens with zero attached hydrogens (tertiary/aromatic N) is 1. The molecular weight excluding hydrogens is 387 g/mol. The van der Waals surface area contributed by atoms with E-state index in [-0.39, 0.29) is 35.7 Å². The van der Waals surface area contributed by atoms with E-state index in [0.29, 0.717) is 12.1 Å². The second kappa shape index (κ2) is 8.76. The van der Waals surface area contributed by atoms with Gasteiger partial charge in [0.25, 0.3) is 0 Å². The molecular formula is C20H20ClFN2O2S. The minimum absolute atomic E-state index is 0.0189. The smallest absolute Gasteiger partial charge is 0.227 e. The summed E-state index contributed by atoms with van der Waals surface area (Å²) < 4.78 is 13.3. The van der Waals surface area contributed by atoms with Crippen molar-refractivity contribution >= 4 is 40.9 Å². The number of thioether (sulfide) groups is 1. The summed E-state index contributed by atoms with van der Waals surface area (Å²) in [6.45, 7) is 2.44. The molecule has 2 aromatic rings. The predicted octanol–water partition coefficient (Wildman–Crippen LogP) is 4.58. The molecule has 0 radical (unpaired) electrons. The van der Waals surface area contributed by atoms with Crippen molar-refractivity contribution in [3.05, 3.63) is 58.9 Å². The largest absolute Gasteiger partial charge is 0.350 e. The molecule has 1 aliphatic heterocycles. The molecule has 142 valence electrons. The molecule has 0 saturated carbocycles. The number of amides is 2. The summed E-state index contributed by atoms with van der Waals surface area (Å²) in [5, 5.41) is 2.84. The van der Waals surface area contributed by atoms with Gasteiger partial charge in [-0.05, 0) is 36.8 Å². The Morgan fingerprint density at radius 2 is 2.04 bits per heavy atom. The van der Waals surface area contributed by atoms with E-state index in [9.17, 15) is 14.0 Å². The number of carbonyl (C=O) groups excluding carboxylic acids is 2. The minimum Gasteiger partial charge on any atom is -0.350 e. The van der Waals surface area contributed by atoms with Crippen LogP contribution in [-0.2, 0) is 9.59 Å². The van der Waals surface area contributed by atoms with Gasteiger partial charge in [-0.25, -0.2) is 4.39 Å². The Bertz CT molecular complexity index is 862. The van der Waals surface area contributed by atoms with Crippen LogP contribution in [0.25, 0.3) is 0 Å². The topological polar surface area (TPSA) is 49.4 Å². The molecule has 1 N–H and O–H groups in total. The molecule has 3 rings (SSSR count). The van der Waals surface area contributed by atoms with Crippen LogP contribution in [0.1, 0.15) is 31.4 Å². The lowest BCUT2D eigenvalue weighted by Gasteiger charge is -2.29. The summed E-state index contributed by atoms with van der Waals surface area (Å²) in [5.41, 5.74) is 1.62. The standard InChI is InChI=1S/C20H20ClFN2O2S/c1-13(14-6-7-16(22)15(21)12-14)23-19(25)8-9-20(26)24-10-11-27-18-5-3-2-4-17(18)24/h2-7,12-13H,8-11H2,1H3,(H,23,25). The van der Waals surface area contributed by atoms with Gasteiger partial charge in [0.1, 0.15) is 5.82 Å². The predicted molar refractivity (Wildman–Crippen MR) is 107 cm³/mol. The maximum Gasteiger partial charge on any atom is 0.227 e. The van der Waals surface area contributed by atoms with Crippen molar-refractivity contribution in [1.82, 2.24) is 5.32 Å². The van der Waals surface area contributed by atoms with Crippen LogP contribution >= 0.6 is 23.4 Å². The highest BCUT2D eigenvalue weighted by Gasteiger charge is 2.23. The first-order chi connectivity index (χ1) is 13.0. The van der Waals surface area contributed by atoms with E-state index >= 15 is 0 Å². The summed E-state index contributed by atoms with van der Waals surface area (Å²) in [4.78, 5) is 27.6. The van der Waals surface area contributed by atoms with Crippen molar-refractivity contribution in [2.45, 2.75) is 30.7 Å². The van der Waals surface area contributed by atoms with Crippen molar-refractivity contribution in [2.75, 3.05) is 17.2 Å².